The van der Waals surface area contributed by atoms with Crippen LogP contribution in [0.25, 0.3) is 0 Å². The van der Waals surface area contributed by atoms with E-state index in [4.69, 9.17) is 0 Å². The Labute approximate surface area is 173 Å². The molecule has 2 amide bonds. The summed E-state index contributed by atoms with van der Waals surface area (Å²) in [7, 11) is 0. The van der Waals surface area contributed by atoms with E-state index < -0.39 is 6.04 Å². The number of carbonyl (C=O) groups is 2. The molecule has 2 aromatic rings. The number of nitrogens with one attached hydrogen (secondary N) is 1. The first-order valence-corrected chi connectivity index (χ1v) is 10.1. The summed E-state index contributed by atoms with van der Waals surface area (Å²) in [6.07, 6.45) is 1.03. The Bertz CT molecular complexity index is 828. The molecule has 2 rings (SSSR count). The van der Waals surface area contributed by atoms with E-state index >= 15 is 0 Å². The predicted octanol–water partition coefficient (Wildman–Crippen LogP) is 4.32. The molecule has 2 atom stereocenters. The Balaban J connectivity index is 2.25. The second-order valence-corrected chi connectivity index (χ2v) is 7.81. The van der Waals surface area contributed by atoms with Crippen LogP contribution in [0.15, 0.2) is 42.5 Å². The Kier molecular flexibility index (Phi) is 7.94. The van der Waals surface area contributed by atoms with Gasteiger partial charge in [-0.2, -0.15) is 0 Å². The topological polar surface area (TPSA) is 49.4 Å². The highest BCUT2D eigenvalue weighted by Gasteiger charge is 2.27. The lowest BCUT2D eigenvalue weighted by molar-refractivity contribution is -0.140. The summed E-state index contributed by atoms with van der Waals surface area (Å²) in [6.45, 7) is 9.92. The largest absolute Gasteiger partial charge is 0.352 e. The summed E-state index contributed by atoms with van der Waals surface area (Å²) >= 11 is 0. The number of hydrogen-bond donors (Lipinski definition) is 1. The second kappa shape index (κ2) is 10.2. The number of nitrogens with zero attached hydrogens (tertiary/aromatic N) is 1. The molecule has 156 valence electrons. The molecular formula is C24H31FN2O2. The third-order valence-electron chi connectivity index (χ3n) is 5.07. The molecule has 0 aliphatic heterocycles. The summed E-state index contributed by atoms with van der Waals surface area (Å²) in [4.78, 5) is 27.4. The van der Waals surface area contributed by atoms with E-state index in [9.17, 15) is 14.0 Å². The van der Waals surface area contributed by atoms with E-state index in [1.54, 1.807) is 24.0 Å². The summed E-state index contributed by atoms with van der Waals surface area (Å²) < 4.78 is 13.3. The summed E-state index contributed by atoms with van der Waals surface area (Å²) in [5.41, 5.74) is 3.90. The third-order valence-corrected chi connectivity index (χ3v) is 5.07. The van der Waals surface area contributed by atoms with E-state index in [1.807, 2.05) is 39.8 Å². The molecule has 0 radical (unpaired) electrons. The zero-order chi connectivity index (χ0) is 21.6. The molecule has 1 N–H and O–H groups in total. The van der Waals surface area contributed by atoms with E-state index in [2.05, 4.69) is 11.4 Å². The Morgan fingerprint density at radius 1 is 1.00 bits per heavy atom. The van der Waals surface area contributed by atoms with Gasteiger partial charge >= 0.3 is 0 Å². The van der Waals surface area contributed by atoms with Crippen LogP contribution in [-0.2, 0) is 22.6 Å². The van der Waals surface area contributed by atoms with Crippen LogP contribution >= 0.6 is 0 Å². The fourth-order valence-electron chi connectivity index (χ4n) is 3.28. The van der Waals surface area contributed by atoms with E-state index in [-0.39, 0.29) is 36.6 Å². The molecule has 0 aromatic heterocycles. The Hall–Kier alpha value is -2.69. The quantitative estimate of drug-likeness (QED) is 0.720. The van der Waals surface area contributed by atoms with Crippen molar-refractivity contribution in [2.75, 3.05) is 0 Å². The minimum atomic E-state index is -0.632. The van der Waals surface area contributed by atoms with Gasteiger partial charge in [-0.1, -0.05) is 48.4 Å². The van der Waals surface area contributed by atoms with Crippen molar-refractivity contribution in [2.24, 2.45) is 0 Å². The molecule has 0 spiro atoms. The summed E-state index contributed by atoms with van der Waals surface area (Å²) in [5.74, 6) is -0.647. The van der Waals surface area contributed by atoms with Crippen molar-refractivity contribution in [3.63, 3.8) is 0 Å². The van der Waals surface area contributed by atoms with Gasteiger partial charge in [0.1, 0.15) is 11.9 Å². The Morgan fingerprint density at radius 3 is 2.14 bits per heavy atom. The maximum absolute atomic E-state index is 13.3. The predicted molar refractivity (Wildman–Crippen MR) is 114 cm³/mol. The maximum atomic E-state index is 13.3. The van der Waals surface area contributed by atoms with Gasteiger partial charge in [0.15, 0.2) is 0 Å². The van der Waals surface area contributed by atoms with Gasteiger partial charge in [-0.3, -0.25) is 9.59 Å². The highest BCUT2D eigenvalue weighted by molar-refractivity contribution is 5.88. The van der Waals surface area contributed by atoms with Crippen LogP contribution in [0.3, 0.4) is 0 Å². The van der Waals surface area contributed by atoms with Crippen LogP contribution < -0.4 is 5.32 Å². The zero-order valence-corrected chi connectivity index (χ0v) is 18.0. The standard InChI is InChI=1S/C24H31FN2O2/c1-6-18(4)26-24(29)19(5)27(15-20-7-9-22(25)10-8-20)23(28)14-21-12-16(2)11-17(3)13-21/h7-13,18-19H,6,14-15H2,1-5H3,(H,26,29)/t18-,19-/m0/s1. The SMILES string of the molecule is CC[C@H](C)NC(=O)[C@H](C)N(Cc1ccc(F)cc1)C(=O)Cc1cc(C)cc(C)c1. The van der Waals surface area contributed by atoms with Crippen molar-refractivity contribution in [1.82, 2.24) is 10.2 Å². The van der Waals surface area contributed by atoms with Crippen LogP contribution in [0.1, 0.15) is 49.4 Å². The van der Waals surface area contributed by atoms with Gasteiger partial charge < -0.3 is 10.2 Å². The van der Waals surface area contributed by atoms with Crippen molar-refractivity contribution in [3.05, 3.63) is 70.5 Å². The van der Waals surface area contributed by atoms with Crippen LogP contribution in [0, 0.1) is 19.7 Å². The lowest BCUT2D eigenvalue weighted by atomic mass is 10.0. The first kappa shape index (κ1) is 22.6. The van der Waals surface area contributed by atoms with E-state index in [0.717, 1.165) is 28.7 Å². The number of hydrogen-bond acceptors (Lipinski definition) is 2. The molecule has 2 aromatic carbocycles. The highest BCUT2D eigenvalue weighted by Crippen LogP contribution is 2.15. The fraction of sp³-hybridized carbons (Fsp3) is 0.417. The molecule has 0 bridgehead atoms. The van der Waals surface area contributed by atoms with Crippen LogP contribution in [-0.4, -0.2) is 28.8 Å². The van der Waals surface area contributed by atoms with Gasteiger partial charge in [-0.05, 0) is 57.4 Å². The summed E-state index contributed by atoms with van der Waals surface area (Å²) in [5, 5.41) is 2.95. The molecule has 0 saturated heterocycles. The molecular weight excluding hydrogens is 367 g/mol. The molecule has 0 saturated carbocycles. The van der Waals surface area contributed by atoms with Gasteiger partial charge in [0.2, 0.25) is 11.8 Å². The van der Waals surface area contributed by atoms with Crippen LogP contribution in [0.5, 0.6) is 0 Å². The van der Waals surface area contributed by atoms with Crippen molar-refractivity contribution in [2.45, 2.75) is 66.1 Å². The number of benzene rings is 2. The van der Waals surface area contributed by atoms with E-state index in [1.165, 1.54) is 12.1 Å². The molecule has 4 nitrogen and oxygen atoms in total. The number of carbonyl (C=O) groups excluding carboxylic acids is 2. The average Bonchev–Trinajstić information content (AvgIpc) is 2.65. The lowest BCUT2D eigenvalue weighted by Gasteiger charge is -2.30. The number of halogens is 1. The minimum Gasteiger partial charge on any atom is -0.352 e. The van der Waals surface area contributed by atoms with Gasteiger partial charge in [-0.25, -0.2) is 4.39 Å². The third kappa shape index (κ3) is 6.70. The molecule has 0 fully saturated rings. The first-order valence-electron chi connectivity index (χ1n) is 10.1. The Morgan fingerprint density at radius 2 is 1.59 bits per heavy atom. The normalized spacial score (nSPS) is 12.9. The van der Waals surface area contributed by atoms with Gasteiger partial charge in [0.25, 0.3) is 0 Å². The first-order chi connectivity index (χ1) is 13.7. The number of amides is 2. The molecule has 5 heteroatoms. The second-order valence-electron chi connectivity index (χ2n) is 7.81. The van der Waals surface area contributed by atoms with Crippen LogP contribution in [0.2, 0.25) is 0 Å². The van der Waals surface area contributed by atoms with Crippen molar-refractivity contribution >= 4 is 11.8 Å². The van der Waals surface area contributed by atoms with Crippen molar-refractivity contribution in [1.29, 1.82) is 0 Å². The van der Waals surface area contributed by atoms with Crippen molar-refractivity contribution in [3.8, 4) is 0 Å². The monoisotopic (exact) mass is 398 g/mol. The average molecular weight is 399 g/mol. The number of aryl methyl sites for hydroxylation is 2. The van der Waals surface area contributed by atoms with Crippen molar-refractivity contribution < 1.29 is 14.0 Å². The minimum absolute atomic E-state index is 0.0344. The smallest absolute Gasteiger partial charge is 0.242 e. The molecule has 0 aliphatic carbocycles. The van der Waals surface area contributed by atoms with Gasteiger partial charge in [0, 0.05) is 12.6 Å². The molecule has 29 heavy (non-hydrogen) atoms. The number of rotatable bonds is 8. The van der Waals surface area contributed by atoms with Gasteiger partial charge in [-0.15, -0.1) is 0 Å². The van der Waals surface area contributed by atoms with E-state index in [0.29, 0.717) is 0 Å². The maximum Gasteiger partial charge on any atom is 0.242 e. The lowest BCUT2D eigenvalue weighted by Crippen LogP contribution is -2.49. The fourth-order valence-corrected chi connectivity index (χ4v) is 3.28. The molecule has 0 aliphatic rings. The summed E-state index contributed by atoms with van der Waals surface area (Å²) in [6, 6.07) is 11.5. The highest BCUT2D eigenvalue weighted by atomic mass is 19.1. The van der Waals surface area contributed by atoms with Gasteiger partial charge in [0.05, 0.1) is 6.42 Å². The zero-order valence-electron chi connectivity index (χ0n) is 18.0. The molecule has 0 heterocycles. The molecule has 0 unspecified atom stereocenters. The van der Waals surface area contributed by atoms with Crippen LogP contribution in [0.4, 0.5) is 4.39 Å².